The highest BCUT2D eigenvalue weighted by Gasteiger charge is 2.33. The molecule has 0 aliphatic rings. The SMILES string of the molecule is N#Cc1c(F)cccc1Nc1ccc(Br)c(C(F)(F)F)c1. The van der Waals surface area contributed by atoms with Crippen LogP contribution in [-0.4, -0.2) is 0 Å². The smallest absolute Gasteiger partial charge is 0.354 e. The van der Waals surface area contributed by atoms with Crippen LogP contribution in [0, 0.1) is 17.1 Å². The lowest BCUT2D eigenvalue weighted by atomic mass is 10.1. The number of nitrogens with one attached hydrogen (secondary N) is 1. The highest BCUT2D eigenvalue weighted by molar-refractivity contribution is 9.10. The van der Waals surface area contributed by atoms with Crippen molar-refractivity contribution in [3.05, 3.63) is 57.8 Å². The zero-order chi connectivity index (χ0) is 15.6. The molecule has 0 saturated heterocycles. The van der Waals surface area contributed by atoms with Crippen LogP contribution >= 0.6 is 15.9 Å². The molecule has 0 heterocycles. The molecule has 0 saturated carbocycles. The number of rotatable bonds is 2. The van der Waals surface area contributed by atoms with E-state index in [0.717, 1.165) is 12.1 Å². The van der Waals surface area contributed by atoms with Crippen LogP contribution in [0.3, 0.4) is 0 Å². The summed E-state index contributed by atoms with van der Waals surface area (Å²) in [5, 5.41) is 11.5. The normalized spacial score (nSPS) is 11.0. The minimum Gasteiger partial charge on any atom is -0.354 e. The predicted octanol–water partition coefficient (Wildman–Crippen LogP) is 5.22. The minimum absolute atomic E-state index is 0.0969. The number of hydrogen-bond donors (Lipinski definition) is 1. The van der Waals surface area contributed by atoms with E-state index in [2.05, 4.69) is 21.2 Å². The Labute approximate surface area is 126 Å². The maximum atomic E-state index is 13.4. The van der Waals surface area contributed by atoms with Crippen molar-refractivity contribution in [2.45, 2.75) is 6.18 Å². The highest BCUT2D eigenvalue weighted by Crippen LogP contribution is 2.37. The van der Waals surface area contributed by atoms with Crippen LogP contribution in [0.1, 0.15) is 11.1 Å². The fourth-order valence-corrected chi connectivity index (χ4v) is 2.19. The van der Waals surface area contributed by atoms with Gasteiger partial charge in [0, 0.05) is 10.2 Å². The lowest BCUT2D eigenvalue weighted by Crippen LogP contribution is -2.07. The van der Waals surface area contributed by atoms with Crippen molar-refractivity contribution in [1.29, 1.82) is 5.26 Å². The molecule has 2 nitrogen and oxygen atoms in total. The zero-order valence-electron chi connectivity index (χ0n) is 10.3. The van der Waals surface area contributed by atoms with E-state index in [1.807, 2.05) is 0 Å². The summed E-state index contributed by atoms with van der Waals surface area (Å²) in [7, 11) is 0. The Morgan fingerprint density at radius 3 is 2.48 bits per heavy atom. The molecule has 2 aromatic rings. The molecule has 108 valence electrons. The topological polar surface area (TPSA) is 35.8 Å². The number of halogens is 5. The number of nitrogens with zero attached hydrogens (tertiary/aromatic N) is 1. The Balaban J connectivity index is 2.42. The van der Waals surface area contributed by atoms with E-state index < -0.39 is 17.6 Å². The molecule has 0 radical (unpaired) electrons. The number of hydrogen-bond acceptors (Lipinski definition) is 2. The number of alkyl halides is 3. The third-order valence-electron chi connectivity index (χ3n) is 2.68. The van der Waals surface area contributed by atoms with Crippen LogP contribution < -0.4 is 5.32 Å². The summed E-state index contributed by atoms with van der Waals surface area (Å²) in [6, 6.07) is 9.06. The van der Waals surface area contributed by atoms with Gasteiger partial charge in [-0.2, -0.15) is 18.4 Å². The molecule has 0 aliphatic heterocycles. The van der Waals surface area contributed by atoms with Crippen LogP contribution in [-0.2, 0) is 6.18 Å². The van der Waals surface area contributed by atoms with E-state index >= 15 is 0 Å². The van der Waals surface area contributed by atoms with Gasteiger partial charge in [-0.05, 0) is 30.3 Å². The molecular formula is C14H7BrF4N2. The second-order valence-electron chi connectivity index (χ2n) is 4.09. The first-order valence-electron chi connectivity index (χ1n) is 5.65. The monoisotopic (exact) mass is 358 g/mol. The van der Waals surface area contributed by atoms with E-state index in [9.17, 15) is 17.6 Å². The quantitative estimate of drug-likeness (QED) is 0.746. The summed E-state index contributed by atoms with van der Waals surface area (Å²) in [4.78, 5) is 0. The van der Waals surface area contributed by atoms with Crippen LogP contribution in [0.25, 0.3) is 0 Å². The molecule has 0 aromatic heterocycles. The molecular weight excluding hydrogens is 352 g/mol. The summed E-state index contributed by atoms with van der Waals surface area (Å²) < 4.78 is 51.8. The van der Waals surface area contributed by atoms with Crippen molar-refractivity contribution in [2.75, 3.05) is 5.32 Å². The van der Waals surface area contributed by atoms with E-state index in [1.165, 1.54) is 24.3 Å². The summed E-state index contributed by atoms with van der Waals surface area (Å²) in [6.45, 7) is 0. The molecule has 7 heteroatoms. The summed E-state index contributed by atoms with van der Waals surface area (Å²) in [6.07, 6.45) is -4.52. The first kappa shape index (κ1) is 15.3. The van der Waals surface area contributed by atoms with Crippen molar-refractivity contribution in [1.82, 2.24) is 0 Å². The van der Waals surface area contributed by atoms with E-state index in [4.69, 9.17) is 5.26 Å². The Morgan fingerprint density at radius 2 is 1.86 bits per heavy atom. The second-order valence-corrected chi connectivity index (χ2v) is 4.95. The van der Waals surface area contributed by atoms with Crippen molar-refractivity contribution < 1.29 is 17.6 Å². The average molecular weight is 359 g/mol. The third kappa shape index (κ3) is 3.34. The van der Waals surface area contributed by atoms with Gasteiger partial charge < -0.3 is 5.32 Å². The van der Waals surface area contributed by atoms with Crippen molar-refractivity contribution in [3.63, 3.8) is 0 Å². The van der Waals surface area contributed by atoms with Gasteiger partial charge in [-0.1, -0.05) is 22.0 Å². The molecule has 2 aromatic carbocycles. The van der Waals surface area contributed by atoms with Gasteiger partial charge in [0.2, 0.25) is 0 Å². The molecule has 0 atom stereocenters. The largest absolute Gasteiger partial charge is 0.417 e. The van der Waals surface area contributed by atoms with Gasteiger partial charge in [0.1, 0.15) is 17.4 Å². The molecule has 1 N–H and O–H groups in total. The number of nitriles is 1. The lowest BCUT2D eigenvalue weighted by Gasteiger charge is -2.13. The molecule has 0 aliphatic carbocycles. The van der Waals surface area contributed by atoms with Gasteiger partial charge in [-0.25, -0.2) is 4.39 Å². The van der Waals surface area contributed by atoms with Crippen molar-refractivity contribution >= 4 is 27.3 Å². The summed E-state index contributed by atoms with van der Waals surface area (Å²) >= 11 is 2.83. The van der Waals surface area contributed by atoms with Crippen LogP contribution in [0.2, 0.25) is 0 Å². The second kappa shape index (κ2) is 5.74. The average Bonchev–Trinajstić information content (AvgIpc) is 2.40. The Bertz CT molecular complexity index is 720. The van der Waals surface area contributed by atoms with Gasteiger partial charge in [-0.15, -0.1) is 0 Å². The Hall–Kier alpha value is -2.07. The van der Waals surface area contributed by atoms with Crippen LogP contribution in [0.5, 0.6) is 0 Å². The maximum absolute atomic E-state index is 13.4. The predicted molar refractivity (Wildman–Crippen MR) is 73.5 cm³/mol. The van der Waals surface area contributed by atoms with Crippen molar-refractivity contribution in [3.8, 4) is 6.07 Å². The van der Waals surface area contributed by atoms with Crippen molar-refractivity contribution in [2.24, 2.45) is 0 Å². The standard InChI is InChI=1S/C14H7BrF4N2/c15-11-5-4-8(6-10(11)14(17,18)19)21-13-3-1-2-12(16)9(13)7-20/h1-6,21H. The maximum Gasteiger partial charge on any atom is 0.417 e. The van der Waals surface area contributed by atoms with Crippen LogP contribution in [0.4, 0.5) is 28.9 Å². The fourth-order valence-electron chi connectivity index (χ4n) is 1.72. The van der Waals surface area contributed by atoms with Gasteiger partial charge in [0.25, 0.3) is 0 Å². The Kier molecular flexibility index (Phi) is 4.19. The zero-order valence-corrected chi connectivity index (χ0v) is 11.9. The molecule has 0 unspecified atom stereocenters. The minimum atomic E-state index is -4.52. The van der Waals surface area contributed by atoms with Gasteiger partial charge in [0.15, 0.2) is 0 Å². The summed E-state index contributed by atoms with van der Waals surface area (Å²) in [5.74, 6) is -0.740. The van der Waals surface area contributed by atoms with E-state index in [0.29, 0.717) is 0 Å². The first-order chi connectivity index (χ1) is 9.82. The molecule has 0 fully saturated rings. The molecule has 0 spiro atoms. The number of benzene rings is 2. The van der Waals surface area contributed by atoms with E-state index in [1.54, 1.807) is 6.07 Å². The lowest BCUT2D eigenvalue weighted by molar-refractivity contribution is -0.138. The molecule has 0 amide bonds. The Morgan fingerprint density at radius 1 is 1.14 bits per heavy atom. The third-order valence-corrected chi connectivity index (χ3v) is 3.37. The van der Waals surface area contributed by atoms with Crippen LogP contribution in [0.15, 0.2) is 40.9 Å². The van der Waals surface area contributed by atoms with E-state index in [-0.39, 0.29) is 21.4 Å². The molecule has 2 rings (SSSR count). The molecule has 21 heavy (non-hydrogen) atoms. The van der Waals surface area contributed by atoms with Gasteiger partial charge >= 0.3 is 6.18 Å². The first-order valence-corrected chi connectivity index (χ1v) is 6.44. The number of anilines is 2. The highest BCUT2D eigenvalue weighted by atomic mass is 79.9. The molecule has 0 bridgehead atoms. The van der Waals surface area contributed by atoms with Gasteiger partial charge in [0.05, 0.1) is 11.3 Å². The summed E-state index contributed by atoms with van der Waals surface area (Å²) in [5.41, 5.74) is -0.906. The van der Waals surface area contributed by atoms with Gasteiger partial charge in [-0.3, -0.25) is 0 Å². The fraction of sp³-hybridized carbons (Fsp3) is 0.0714.